The molecule has 0 bridgehead atoms. The van der Waals surface area contributed by atoms with E-state index in [4.69, 9.17) is 18.9 Å². The van der Waals surface area contributed by atoms with Crippen LogP contribution in [0.15, 0.2) is 11.6 Å². The molecule has 0 amide bonds. The van der Waals surface area contributed by atoms with Gasteiger partial charge in [-0.1, -0.05) is 46.3 Å². The Balaban J connectivity index is 1.30. The van der Waals surface area contributed by atoms with Crippen molar-refractivity contribution in [2.75, 3.05) is 6.61 Å². The van der Waals surface area contributed by atoms with E-state index < -0.39 is 77.1 Å². The van der Waals surface area contributed by atoms with Crippen molar-refractivity contribution in [2.24, 2.45) is 50.2 Å². The molecule has 16 atom stereocenters. The molecule has 0 radical (unpaired) electrons. The lowest BCUT2D eigenvalue weighted by molar-refractivity contribution is -0.317. The molecule has 0 unspecified atom stereocenters. The Morgan fingerprint density at radius 2 is 1.49 bits per heavy atom. The standard InChI is InChI=1S/C40H62O11/c1-21-31(50-22(2)41)30(45)32(51-23(3)42)33(49-21)48-20-37(6)26-12-13-39(8)27(40(26,9)29(44)18-28(37)43)11-10-24-25-19-36(5,34(46)47)15-14-35(25,4)16-17-38(24,39)7/h10,21,25-33,43-45H,11-20H2,1-9H3,(H,46,47)/t21-,25-,26-,27-,28-,29-,30+,31-,32+,33+,35+,36+,37-,38+,39+,40-/m0/s1. The number of fused-ring (bicyclic) bond motifs is 7. The van der Waals surface area contributed by atoms with Crippen LogP contribution >= 0.6 is 0 Å². The first kappa shape index (κ1) is 38.7. The fourth-order valence-corrected chi connectivity index (χ4v) is 12.6. The molecule has 6 rings (SSSR count). The van der Waals surface area contributed by atoms with E-state index >= 15 is 0 Å². The Bertz CT molecular complexity index is 1450. The van der Waals surface area contributed by atoms with Gasteiger partial charge < -0.3 is 39.4 Å². The summed E-state index contributed by atoms with van der Waals surface area (Å²) >= 11 is 0. The molecule has 5 fully saturated rings. The van der Waals surface area contributed by atoms with E-state index in [1.807, 2.05) is 13.8 Å². The molecule has 0 aromatic carbocycles. The largest absolute Gasteiger partial charge is 0.481 e. The second kappa shape index (κ2) is 12.8. The molecule has 1 heterocycles. The van der Waals surface area contributed by atoms with Crippen LogP contribution in [0.25, 0.3) is 0 Å². The van der Waals surface area contributed by atoms with Crippen molar-refractivity contribution in [2.45, 2.75) is 163 Å². The summed E-state index contributed by atoms with van der Waals surface area (Å²) in [5.74, 6) is -1.80. The van der Waals surface area contributed by atoms with Gasteiger partial charge in [-0.2, -0.15) is 0 Å². The van der Waals surface area contributed by atoms with Gasteiger partial charge in [0.2, 0.25) is 0 Å². The van der Waals surface area contributed by atoms with Gasteiger partial charge in [0, 0.05) is 31.1 Å². The first-order valence-electron chi connectivity index (χ1n) is 19.2. The van der Waals surface area contributed by atoms with E-state index in [2.05, 4.69) is 33.8 Å². The Labute approximate surface area is 302 Å². The number of hydrogen-bond acceptors (Lipinski definition) is 10. The maximum atomic E-state index is 12.5. The second-order valence-electron chi connectivity index (χ2n) is 18.9. The minimum absolute atomic E-state index is 0.0250. The molecular formula is C40H62O11. The smallest absolute Gasteiger partial charge is 0.309 e. The Hall–Kier alpha value is -2.05. The molecule has 0 spiro atoms. The molecule has 4 N–H and O–H groups in total. The van der Waals surface area contributed by atoms with Crippen molar-refractivity contribution in [3.63, 3.8) is 0 Å². The van der Waals surface area contributed by atoms with Crippen molar-refractivity contribution in [3.05, 3.63) is 11.6 Å². The van der Waals surface area contributed by atoms with Gasteiger partial charge in [0.05, 0.1) is 30.3 Å². The number of carboxylic acids is 1. The molecule has 11 heteroatoms. The Kier molecular flexibility index (Phi) is 9.69. The lowest BCUT2D eigenvalue weighted by Crippen LogP contribution is -2.69. The monoisotopic (exact) mass is 718 g/mol. The molecule has 0 aromatic rings. The predicted octanol–water partition coefficient (Wildman–Crippen LogP) is 5.17. The van der Waals surface area contributed by atoms with E-state index in [1.165, 1.54) is 19.4 Å². The summed E-state index contributed by atoms with van der Waals surface area (Å²) in [5, 5.41) is 45.2. The normalized spacial score (nSPS) is 52.2. The molecule has 5 aliphatic carbocycles. The van der Waals surface area contributed by atoms with Crippen molar-refractivity contribution in [1.29, 1.82) is 0 Å². The van der Waals surface area contributed by atoms with Gasteiger partial charge >= 0.3 is 17.9 Å². The molecule has 288 valence electrons. The number of carboxylic acid groups (broad SMARTS) is 1. The van der Waals surface area contributed by atoms with E-state index in [9.17, 15) is 34.8 Å². The highest BCUT2D eigenvalue weighted by Crippen LogP contribution is 2.75. The van der Waals surface area contributed by atoms with Crippen LogP contribution < -0.4 is 0 Å². The van der Waals surface area contributed by atoms with E-state index in [0.29, 0.717) is 12.8 Å². The number of allylic oxidation sites excluding steroid dienone is 2. The van der Waals surface area contributed by atoms with Crippen molar-refractivity contribution in [3.8, 4) is 0 Å². The SMILES string of the molecule is CC(=O)O[C@@H]1[C@@H](O)[C@@H](OC(C)=O)[C@H](OC[C@]2(C)[C@@H](O)C[C@H](O)[C@]3(C)[C@H]4CC=C5[C@@H]6C[C@](C)(C(=O)O)CC[C@]6(C)CC[C@@]5(C)[C@]4(C)CC[C@@H]23)O[C@H]1C. The molecule has 11 nitrogen and oxygen atoms in total. The molecule has 1 saturated heterocycles. The van der Waals surface area contributed by atoms with Gasteiger partial charge in [0.1, 0.15) is 6.10 Å². The Morgan fingerprint density at radius 3 is 2.12 bits per heavy atom. The van der Waals surface area contributed by atoms with Crippen molar-refractivity contribution in [1.82, 2.24) is 0 Å². The maximum Gasteiger partial charge on any atom is 0.309 e. The average molecular weight is 719 g/mol. The third kappa shape index (κ3) is 5.73. The zero-order valence-corrected chi connectivity index (χ0v) is 32.1. The highest BCUT2D eigenvalue weighted by Gasteiger charge is 2.71. The van der Waals surface area contributed by atoms with E-state index in [0.717, 1.165) is 38.5 Å². The zero-order chi connectivity index (χ0) is 37.7. The van der Waals surface area contributed by atoms with Crippen LogP contribution in [0, 0.1) is 50.2 Å². The molecule has 4 saturated carbocycles. The van der Waals surface area contributed by atoms with E-state index in [1.54, 1.807) is 6.92 Å². The number of carbonyl (C=O) groups is 3. The van der Waals surface area contributed by atoms with E-state index in [-0.39, 0.29) is 47.0 Å². The minimum Gasteiger partial charge on any atom is -0.481 e. The second-order valence-corrected chi connectivity index (χ2v) is 18.9. The molecule has 1 aliphatic heterocycles. The summed E-state index contributed by atoms with van der Waals surface area (Å²) in [7, 11) is 0. The molecule has 0 aromatic heterocycles. The summed E-state index contributed by atoms with van der Waals surface area (Å²) < 4.78 is 23.3. The van der Waals surface area contributed by atoms with Crippen LogP contribution in [0.3, 0.4) is 0 Å². The fourth-order valence-electron chi connectivity index (χ4n) is 12.6. The van der Waals surface area contributed by atoms with Crippen LogP contribution in [0.1, 0.15) is 120 Å². The van der Waals surface area contributed by atoms with Crippen molar-refractivity contribution < 1.29 is 53.8 Å². The van der Waals surface area contributed by atoms with Crippen LogP contribution in [0.2, 0.25) is 0 Å². The third-order valence-corrected chi connectivity index (χ3v) is 16.2. The number of aliphatic hydroxyl groups is 3. The van der Waals surface area contributed by atoms with Gasteiger partial charge in [-0.3, -0.25) is 14.4 Å². The van der Waals surface area contributed by atoms with Crippen molar-refractivity contribution >= 4 is 17.9 Å². The Morgan fingerprint density at radius 1 is 0.863 bits per heavy atom. The average Bonchev–Trinajstić information content (AvgIpc) is 3.03. The number of carbonyl (C=O) groups excluding carboxylic acids is 2. The van der Waals surface area contributed by atoms with Gasteiger partial charge in [0.25, 0.3) is 0 Å². The summed E-state index contributed by atoms with van der Waals surface area (Å²) in [6.45, 7) is 17.4. The highest BCUT2D eigenvalue weighted by atomic mass is 16.7. The van der Waals surface area contributed by atoms with Gasteiger partial charge in [-0.15, -0.1) is 0 Å². The first-order valence-corrected chi connectivity index (χ1v) is 19.2. The topological polar surface area (TPSA) is 169 Å². The van der Waals surface area contributed by atoms with Crippen LogP contribution in [0.5, 0.6) is 0 Å². The van der Waals surface area contributed by atoms with Gasteiger partial charge in [-0.25, -0.2) is 0 Å². The fraction of sp³-hybridized carbons (Fsp3) is 0.875. The minimum atomic E-state index is -1.39. The maximum absolute atomic E-state index is 12.5. The van der Waals surface area contributed by atoms with Crippen LogP contribution in [0.4, 0.5) is 0 Å². The quantitative estimate of drug-likeness (QED) is 0.211. The number of ether oxygens (including phenoxy) is 4. The summed E-state index contributed by atoms with van der Waals surface area (Å²) in [4.78, 5) is 36.3. The molecule has 51 heavy (non-hydrogen) atoms. The van der Waals surface area contributed by atoms with Gasteiger partial charge in [-0.05, 0) is 99.2 Å². The summed E-state index contributed by atoms with van der Waals surface area (Å²) in [6.07, 6.45) is 2.04. The number of aliphatic carboxylic acids is 1. The first-order chi connectivity index (χ1) is 23.6. The summed E-state index contributed by atoms with van der Waals surface area (Å²) in [6, 6.07) is 0. The lowest BCUT2D eigenvalue weighted by Gasteiger charge is -2.72. The van der Waals surface area contributed by atoms with Crippen LogP contribution in [-0.4, -0.2) is 87.9 Å². The number of aliphatic hydroxyl groups excluding tert-OH is 3. The summed E-state index contributed by atoms with van der Waals surface area (Å²) in [5.41, 5.74) is -0.962. The van der Waals surface area contributed by atoms with Crippen LogP contribution in [-0.2, 0) is 33.3 Å². The number of rotatable bonds is 6. The number of esters is 2. The zero-order valence-electron chi connectivity index (χ0n) is 32.1. The van der Waals surface area contributed by atoms with Gasteiger partial charge in [0.15, 0.2) is 18.5 Å². The third-order valence-electron chi connectivity index (χ3n) is 16.2. The lowest BCUT2D eigenvalue weighted by atomic mass is 9.33. The number of hydrogen-bond donors (Lipinski definition) is 4. The predicted molar refractivity (Wildman–Crippen MR) is 186 cm³/mol. The molecular weight excluding hydrogens is 656 g/mol. The highest BCUT2D eigenvalue weighted by molar-refractivity contribution is 5.74. The molecule has 6 aliphatic rings.